The van der Waals surface area contributed by atoms with Gasteiger partial charge in [0, 0.05) is 42.5 Å². The number of nitrogens with zero attached hydrogens (tertiary/aromatic N) is 2. The molecule has 0 aliphatic carbocycles. The van der Waals surface area contributed by atoms with Crippen molar-refractivity contribution < 1.29 is 23.9 Å². The molecule has 2 amide bonds. The molecule has 0 spiro atoms. The number of rotatable bonds is 7. The molecular formula is C31H35FN6O4. The first-order valence-electron chi connectivity index (χ1n) is 14.3. The van der Waals surface area contributed by atoms with Crippen molar-refractivity contribution in [3.05, 3.63) is 82.8 Å². The van der Waals surface area contributed by atoms with Gasteiger partial charge in [0.05, 0.1) is 17.8 Å². The van der Waals surface area contributed by atoms with E-state index in [0.717, 1.165) is 32.2 Å². The summed E-state index contributed by atoms with van der Waals surface area (Å²) in [4.78, 5) is 45.1. The van der Waals surface area contributed by atoms with Gasteiger partial charge < -0.3 is 31.7 Å². The van der Waals surface area contributed by atoms with E-state index in [2.05, 4.69) is 20.9 Å². The number of piperidine rings is 1. The minimum Gasteiger partial charge on any atom is -0.507 e. The van der Waals surface area contributed by atoms with Crippen molar-refractivity contribution in [1.82, 2.24) is 20.9 Å². The summed E-state index contributed by atoms with van der Waals surface area (Å²) >= 11 is 0. The van der Waals surface area contributed by atoms with Crippen LogP contribution in [0.2, 0.25) is 0 Å². The van der Waals surface area contributed by atoms with Crippen molar-refractivity contribution >= 4 is 29.1 Å². The fourth-order valence-corrected chi connectivity index (χ4v) is 5.53. The van der Waals surface area contributed by atoms with Crippen LogP contribution in [-0.4, -0.2) is 66.0 Å². The van der Waals surface area contributed by atoms with E-state index in [0.29, 0.717) is 42.9 Å². The molecule has 3 aromatic rings. The summed E-state index contributed by atoms with van der Waals surface area (Å²) in [6.45, 7) is 2.61. The SMILES string of the molecule is Nc1cc(C(=O)N[C@@H]2CNCCC[C@H]2NC(=O)c2ccc(C(=O)c3c(O)ccc(N4CCCCC4)c3F)cc2)ccn1. The standard InChI is InChI=1S/C31H35FN6O4/c32-28-24(38-15-2-1-3-16-38)10-11-25(39)27(28)29(40)19-6-8-20(9-7-19)30(41)36-22-5-4-13-34-18-23(22)37-31(42)21-12-14-35-26(33)17-21/h6-12,14,17,22-23,34,39H,1-5,13,15-16,18H2,(H2,33,35)(H,36,41)(H,37,42)/t22-,23-/m1/s1. The largest absolute Gasteiger partial charge is 0.507 e. The minimum absolute atomic E-state index is 0.150. The summed E-state index contributed by atoms with van der Waals surface area (Å²) < 4.78 is 15.5. The lowest BCUT2D eigenvalue weighted by atomic mass is 9.98. The Balaban J connectivity index is 1.28. The smallest absolute Gasteiger partial charge is 0.251 e. The molecule has 10 nitrogen and oxygen atoms in total. The molecule has 6 N–H and O–H groups in total. The number of carbonyl (C=O) groups is 3. The lowest BCUT2D eigenvalue weighted by Gasteiger charge is -2.29. The average Bonchev–Trinajstić information content (AvgIpc) is 3.22. The predicted molar refractivity (Wildman–Crippen MR) is 157 cm³/mol. The van der Waals surface area contributed by atoms with Gasteiger partial charge in [-0.1, -0.05) is 12.1 Å². The van der Waals surface area contributed by atoms with Crippen molar-refractivity contribution in [1.29, 1.82) is 0 Å². The molecule has 2 aliphatic heterocycles. The molecule has 2 fully saturated rings. The van der Waals surface area contributed by atoms with Crippen LogP contribution < -0.4 is 26.6 Å². The second-order valence-corrected chi connectivity index (χ2v) is 10.7. The van der Waals surface area contributed by atoms with Crippen molar-refractivity contribution in [2.45, 2.75) is 44.2 Å². The van der Waals surface area contributed by atoms with Gasteiger partial charge in [-0.05, 0) is 75.0 Å². The second kappa shape index (κ2) is 13.0. The minimum atomic E-state index is -0.742. The number of benzene rings is 2. The van der Waals surface area contributed by atoms with Gasteiger partial charge in [0.1, 0.15) is 17.1 Å². The number of ketones is 1. The summed E-state index contributed by atoms with van der Waals surface area (Å²) in [7, 11) is 0. The molecule has 0 bridgehead atoms. The fourth-order valence-electron chi connectivity index (χ4n) is 5.53. The first-order valence-corrected chi connectivity index (χ1v) is 14.3. The second-order valence-electron chi connectivity index (χ2n) is 10.7. The maximum absolute atomic E-state index is 15.5. The monoisotopic (exact) mass is 574 g/mol. The zero-order chi connectivity index (χ0) is 29.6. The molecule has 2 saturated heterocycles. The number of pyridine rings is 1. The number of halogens is 1. The zero-order valence-electron chi connectivity index (χ0n) is 23.2. The molecule has 3 heterocycles. The molecule has 0 radical (unpaired) electrons. The molecule has 0 saturated carbocycles. The summed E-state index contributed by atoms with van der Waals surface area (Å²) in [5, 5.41) is 19.7. The maximum atomic E-state index is 15.5. The summed E-state index contributed by atoms with van der Waals surface area (Å²) in [5.41, 5.74) is 6.47. The number of hydrogen-bond acceptors (Lipinski definition) is 8. The number of carbonyl (C=O) groups excluding carboxylic acids is 3. The third-order valence-electron chi connectivity index (χ3n) is 7.83. The maximum Gasteiger partial charge on any atom is 0.251 e. The van der Waals surface area contributed by atoms with E-state index in [1.54, 1.807) is 6.07 Å². The van der Waals surface area contributed by atoms with Crippen LogP contribution in [0.1, 0.15) is 68.7 Å². The van der Waals surface area contributed by atoms with Crippen LogP contribution in [0.3, 0.4) is 0 Å². The number of nitrogens with one attached hydrogen (secondary N) is 3. The summed E-state index contributed by atoms with van der Waals surface area (Å²) in [5.74, 6) is -2.28. The zero-order valence-corrected chi connectivity index (χ0v) is 23.2. The van der Waals surface area contributed by atoms with Crippen LogP contribution in [-0.2, 0) is 0 Å². The molecule has 1 aromatic heterocycles. The predicted octanol–water partition coefficient (Wildman–Crippen LogP) is 3.01. The Bertz CT molecular complexity index is 1460. The van der Waals surface area contributed by atoms with Gasteiger partial charge in [-0.2, -0.15) is 0 Å². The average molecular weight is 575 g/mol. The molecule has 5 rings (SSSR count). The number of hydrogen-bond donors (Lipinski definition) is 5. The lowest BCUT2D eigenvalue weighted by molar-refractivity contribution is 0.0882. The normalized spacial score (nSPS) is 19.0. The van der Waals surface area contributed by atoms with Crippen molar-refractivity contribution in [2.24, 2.45) is 0 Å². The van der Waals surface area contributed by atoms with Gasteiger partial charge in [-0.15, -0.1) is 0 Å². The number of phenols is 1. The number of amides is 2. The van der Waals surface area contributed by atoms with E-state index < -0.39 is 17.3 Å². The Kier molecular flexibility index (Phi) is 8.97. The Labute approximate surface area is 243 Å². The molecule has 42 heavy (non-hydrogen) atoms. The molecule has 0 unspecified atom stereocenters. The van der Waals surface area contributed by atoms with Crippen LogP contribution in [0.5, 0.6) is 5.75 Å². The van der Waals surface area contributed by atoms with Gasteiger partial charge >= 0.3 is 0 Å². The number of nitrogens with two attached hydrogens (primary N) is 1. The van der Waals surface area contributed by atoms with Crippen molar-refractivity contribution in [3.63, 3.8) is 0 Å². The molecule has 2 aromatic carbocycles. The van der Waals surface area contributed by atoms with Gasteiger partial charge in [-0.3, -0.25) is 14.4 Å². The van der Waals surface area contributed by atoms with E-state index in [1.807, 2.05) is 4.90 Å². The topological polar surface area (TPSA) is 150 Å². The van der Waals surface area contributed by atoms with E-state index in [-0.39, 0.29) is 40.8 Å². The van der Waals surface area contributed by atoms with Crippen LogP contribution in [0, 0.1) is 5.82 Å². The number of aromatic nitrogens is 1. The van der Waals surface area contributed by atoms with E-state index >= 15 is 4.39 Å². The highest BCUT2D eigenvalue weighted by molar-refractivity contribution is 6.11. The van der Waals surface area contributed by atoms with E-state index in [9.17, 15) is 19.5 Å². The van der Waals surface area contributed by atoms with Crippen LogP contribution in [0.25, 0.3) is 0 Å². The number of aromatic hydroxyl groups is 1. The molecule has 220 valence electrons. The first-order chi connectivity index (χ1) is 20.3. The quantitative estimate of drug-likeness (QED) is 0.270. The van der Waals surface area contributed by atoms with Gasteiger partial charge in [0.15, 0.2) is 11.6 Å². The third kappa shape index (κ3) is 6.52. The fraction of sp³-hybridized carbons (Fsp3) is 0.355. The molecule has 11 heteroatoms. The Morgan fingerprint density at radius 3 is 2.33 bits per heavy atom. The molecule has 2 aliphatic rings. The highest BCUT2D eigenvalue weighted by Gasteiger charge is 2.28. The summed E-state index contributed by atoms with van der Waals surface area (Å²) in [6, 6.07) is 11.1. The number of phenolic OH excluding ortho intramolecular Hbond substituents is 1. The molecule has 2 atom stereocenters. The van der Waals surface area contributed by atoms with Gasteiger partial charge in [-0.25, -0.2) is 9.37 Å². The highest BCUT2D eigenvalue weighted by atomic mass is 19.1. The lowest BCUT2D eigenvalue weighted by Crippen LogP contribution is -2.54. The van der Waals surface area contributed by atoms with E-state index in [4.69, 9.17) is 5.73 Å². The number of nitrogen functional groups attached to an aromatic ring is 1. The third-order valence-corrected chi connectivity index (χ3v) is 7.83. The first kappa shape index (κ1) is 29.0. The van der Waals surface area contributed by atoms with E-state index in [1.165, 1.54) is 48.7 Å². The Morgan fingerprint density at radius 2 is 1.60 bits per heavy atom. The highest BCUT2D eigenvalue weighted by Crippen LogP contribution is 2.32. The van der Waals surface area contributed by atoms with Crippen molar-refractivity contribution in [3.8, 4) is 5.75 Å². The van der Waals surface area contributed by atoms with Gasteiger partial charge in [0.25, 0.3) is 11.8 Å². The van der Waals surface area contributed by atoms with Crippen LogP contribution in [0.15, 0.2) is 54.7 Å². The van der Waals surface area contributed by atoms with Crippen molar-refractivity contribution in [2.75, 3.05) is 36.8 Å². The van der Waals surface area contributed by atoms with Crippen LogP contribution in [0.4, 0.5) is 15.9 Å². The molecular weight excluding hydrogens is 539 g/mol. The Morgan fingerprint density at radius 1 is 0.905 bits per heavy atom. The van der Waals surface area contributed by atoms with Crippen LogP contribution >= 0.6 is 0 Å². The Hall–Kier alpha value is -4.51. The summed E-state index contributed by atoms with van der Waals surface area (Å²) in [6.07, 6.45) is 5.87. The van der Waals surface area contributed by atoms with Gasteiger partial charge in [0.2, 0.25) is 0 Å². The number of anilines is 2.